The minimum atomic E-state index is -2.13. The fourth-order valence-electron chi connectivity index (χ4n) is 3.23. The first-order chi connectivity index (χ1) is 12.9. The Bertz CT molecular complexity index is 881. The Hall–Kier alpha value is -2.86. The van der Waals surface area contributed by atoms with E-state index in [-0.39, 0.29) is 0 Å². The fraction of sp³-hybridized carbons (Fsp3) is 0.333. The van der Waals surface area contributed by atoms with Crippen LogP contribution < -0.4 is 15.5 Å². The predicted octanol–water partition coefficient (Wildman–Crippen LogP) is 3.42. The van der Waals surface area contributed by atoms with E-state index in [1.807, 2.05) is 26.8 Å². The maximum absolute atomic E-state index is 13.1. The lowest BCUT2D eigenvalue weighted by molar-refractivity contribution is -0.140. The number of nitrogens with zero attached hydrogens (tertiary/aromatic N) is 1. The van der Waals surface area contributed by atoms with Crippen LogP contribution in [-0.4, -0.2) is 23.6 Å². The summed E-state index contributed by atoms with van der Waals surface area (Å²) in [4.78, 5) is 27.1. The normalized spacial score (nSPS) is 18.7. The van der Waals surface area contributed by atoms with E-state index in [0.717, 1.165) is 28.9 Å². The van der Waals surface area contributed by atoms with Crippen molar-refractivity contribution in [2.75, 3.05) is 16.8 Å². The van der Waals surface area contributed by atoms with Crippen LogP contribution in [0.15, 0.2) is 42.5 Å². The molecule has 6 heteroatoms. The molecule has 1 atom stereocenters. The number of nitrogens with one attached hydrogen (secondary N) is 2. The van der Waals surface area contributed by atoms with Crippen LogP contribution >= 0.6 is 0 Å². The maximum atomic E-state index is 13.1. The molecule has 1 aliphatic rings. The van der Waals surface area contributed by atoms with Crippen molar-refractivity contribution < 1.29 is 14.7 Å². The first-order valence-corrected chi connectivity index (χ1v) is 9.18. The van der Waals surface area contributed by atoms with E-state index in [0.29, 0.717) is 23.5 Å². The zero-order valence-electron chi connectivity index (χ0n) is 15.9. The number of aryl methyl sites for hydroxylation is 2. The second kappa shape index (κ2) is 7.40. The summed E-state index contributed by atoms with van der Waals surface area (Å²) < 4.78 is 0. The maximum Gasteiger partial charge on any atom is 0.329 e. The molecule has 3 rings (SSSR count). The van der Waals surface area contributed by atoms with Crippen LogP contribution in [0.3, 0.4) is 0 Å². The van der Waals surface area contributed by atoms with Gasteiger partial charge in [0.25, 0.3) is 11.6 Å². The Kier molecular flexibility index (Phi) is 5.19. The smallest absolute Gasteiger partial charge is 0.329 e. The van der Waals surface area contributed by atoms with Crippen molar-refractivity contribution in [1.29, 1.82) is 0 Å². The van der Waals surface area contributed by atoms with Crippen molar-refractivity contribution in [3.05, 3.63) is 59.2 Å². The zero-order valence-corrected chi connectivity index (χ0v) is 15.9. The number of para-hydroxylation sites is 1. The second-order valence-corrected chi connectivity index (χ2v) is 6.86. The first kappa shape index (κ1) is 18.9. The summed E-state index contributed by atoms with van der Waals surface area (Å²) in [6.45, 7) is 6.34. The van der Waals surface area contributed by atoms with Crippen molar-refractivity contribution >= 4 is 23.3 Å². The van der Waals surface area contributed by atoms with Crippen LogP contribution in [-0.2, 0) is 10.5 Å². The fourth-order valence-corrected chi connectivity index (χ4v) is 3.23. The molecule has 3 N–H and O–H groups in total. The Morgan fingerprint density at radius 1 is 1.19 bits per heavy atom. The standard InChI is InChI=1S/C21H25N3O3/c1-4-5-12-22-19(25)21(27)17-8-6-7-9-18(17)23-20(26)24(21)16-11-10-14(2)15(3)13-16/h6-11,13,27H,4-5,12H2,1-3H3,(H,22,25)(H,23,26). The van der Waals surface area contributed by atoms with Gasteiger partial charge in [0.2, 0.25) is 0 Å². The lowest BCUT2D eigenvalue weighted by Crippen LogP contribution is -2.62. The number of aliphatic hydroxyl groups is 1. The van der Waals surface area contributed by atoms with Gasteiger partial charge in [-0.1, -0.05) is 37.6 Å². The number of amides is 3. The molecule has 1 unspecified atom stereocenters. The van der Waals surface area contributed by atoms with Gasteiger partial charge in [-0.15, -0.1) is 0 Å². The Balaban J connectivity index is 2.13. The molecule has 0 saturated carbocycles. The molecule has 6 nitrogen and oxygen atoms in total. The third kappa shape index (κ3) is 3.28. The molecule has 2 aromatic rings. The Labute approximate surface area is 159 Å². The minimum Gasteiger partial charge on any atom is -0.359 e. The molecule has 0 bridgehead atoms. The van der Waals surface area contributed by atoms with Gasteiger partial charge in [0.1, 0.15) is 0 Å². The second-order valence-electron chi connectivity index (χ2n) is 6.86. The Morgan fingerprint density at radius 2 is 1.93 bits per heavy atom. The van der Waals surface area contributed by atoms with E-state index in [1.54, 1.807) is 36.4 Å². The molecule has 27 heavy (non-hydrogen) atoms. The van der Waals surface area contributed by atoms with Gasteiger partial charge in [0.15, 0.2) is 0 Å². The molecule has 2 aromatic carbocycles. The summed E-state index contributed by atoms with van der Waals surface area (Å²) in [6.07, 6.45) is 1.70. The number of hydrogen-bond donors (Lipinski definition) is 3. The number of carbonyl (C=O) groups excluding carboxylic acids is 2. The average Bonchev–Trinajstić information content (AvgIpc) is 2.64. The van der Waals surface area contributed by atoms with Crippen molar-refractivity contribution in [3.63, 3.8) is 0 Å². The van der Waals surface area contributed by atoms with Crippen molar-refractivity contribution in [2.45, 2.75) is 39.3 Å². The van der Waals surface area contributed by atoms with Gasteiger partial charge >= 0.3 is 6.03 Å². The highest BCUT2D eigenvalue weighted by Crippen LogP contribution is 2.40. The van der Waals surface area contributed by atoms with E-state index in [1.165, 1.54) is 0 Å². The molecule has 0 radical (unpaired) electrons. The molecule has 3 amide bonds. The summed E-state index contributed by atoms with van der Waals surface area (Å²) in [5.41, 5.74) is 1.13. The number of anilines is 2. The molecule has 0 aliphatic carbocycles. The van der Waals surface area contributed by atoms with Crippen molar-refractivity contribution in [1.82, 2.24) is 5.32 Å². The van der Waals surface area contributed by atoms with Gasteiger partial charge in [0.05, 0.1) is 5.69 Å². The number of rotatable bonds is 5. The van der Waals surface area contributed by atoms with Gasteiger partial charge < -0.3 is 15.7 Å². The lowest BCUT2D eigenvalue weighted by Gasteiger charge is -2.42. The van der Waals surface area contributed by atoms with Crippen LogP contribution in [0.4, 0.5) is 16.2 Å². The predicted molar refractivity (Wildman–Crippen MR) is 106 cm³/mol. The van der Waals surface area contributed by atoms with Crippen LogP contribution in [0.5, 0.6) is 0 Å². The largest absolute Gasteiger partial charge is 0.359 e. The van der Waals surface area contributed by atoms with Gasteiger partial charge in [-0.05, 0) is 49.6 Å². The third-order valence-electron chi connectivity index (χ3n) is 4.95. The molecule has 1 heterocycles. The number of urea groups is 1. The summed E-state index contributed by atoms with van der Waals surface area (Å²) in [5.74, 6) is -0.614. The van der Waals surface area contributed by atoms with Gasteiger partial charge in [0, 0.05) is 17.8 Å². The number of benzene rings is 2. The molecule has 0 spiro atoms. The van der Waals surface area contributed by atoms with E-state index in [9.17, 15) is 14.7 Å². The van der Waals surface area contributed by atoms with E-state index in [4.69, 9.17) is 0 Å². The van der Waals surface area contributed by atoms with E-state index < -0.39 is 17.7 Å². The monoisotopic (exact) mass is 367 g/mol. The number of unbranched alkanes of at least 4 members (excludes halogenated alkanes) is 1. The van der Waals surface area contributed by atoms with Crippen LogP contribution in [0.1, 0.15) is 36.5 Å². The van der Waals surface area contributed by atoms with Crippen LogP contribution in [0, 0.1) is 13.8 Å². The van der Waals surface area contributed by atoms with Gasteiger partial charge in [-0.2, -0.15) is 0 Å². The summed E-state index contributed by atoms with van der Waals surface area (Å²) in [5, 5.41) is 17.1. The molecule has 142 valence electrons. The SMILES string of the molecule is CCCCNC(=O)C1(O)c2ccccc2NC(=O)N1c1ccc(C)c(C)c1. The lowest BCUT2D eigenvalue weighted by atomic mass is 9.94. The summed E-state index contributed by atoms with van der Waals surface area (Å²) >= 11 is 0. The van der Waals surface area contributed by atoms with Gasteiger partial charge in [-0.25, -0.2) is 4.79 Å². The summed E-state index contributed by atoms with van der Waals surface area (Å²) in [7, 11) is 0. The topological polar surface area (TPSA) is 81.7 Å². The number of hydrogen-bond acceptors (Lipinski definition) is 3. The van der Waals surface area contributed by atoms with Gasteiger partial charge in [-0.3, -0.25) is 9.69 Å². The molecule has 0 fully saturated rings. The van der Waals surface area contributed by atoms with Crippen LogP contribution in [0.25, 0.3) is 0 Å². The third-order valence-corrected chi connectivity index (χ3v) is 4.95. The highest BCUT2D eigenvalue weighted by Gasteiger charge is 2.51. The van der Waals surface area contributed by atoms with Crippen molar-refractivity contribution in [3.8, 4) is 0 Å². The summed E-state index contributed by atoms with van der Waals surface area (Å²) in [6, 6.07) is 11.7. The van der Waals surface area contributed by atoms with Crippen molar-refractivity contribution in [2.24, 2.45) is 0 Å². The first-order valence-electron chi connectivity index (χ1n) is 9.18. The Morgan fingerprint density at radius 3 is 2.63 bits per heavy atom. The average molecular weight is 367 g/mol. The highest BCUT2D eigenvalue weighted by molar-refractivity contribution is 6.11. The molecular weight excluding hydrogens is 342 g/mol. The minimum absolute atomic E-state index is 0.344. The molecule has 0 saturated heterocycles. The number of fused-ring (bicyclic) bond motifs is 1. The molecule has 1 aliphatic heterocycles. The van der Waals surface area contributed by atoms with E-state index >= 15 is 0 Å². The highest BCUT2D eigenvalue weighted by atomic mass is 16.3. The van der Waals surface area contributed by atoms with Crippen LogP contribution in [0.2, 0.25) is 0 Å². The molecule has 0 aromatic heterocycles. The van der Waals surface area contributed by atoms with E-state index in [2.05, 4.69) is 10.6 Å². The number of carbonyl (C=O) groups is 2. The molecular formula is C21H25N3O3. The quantitative estimate of drug-likeness (QED) is 0.708. The zero-order chi connectivity index (χ0) is 19.6.